The van der Waals surface area contributed by atoms with Crippen LogP contribution < -0.4 is 10.5 Å². The number of carbonyl (C=O) groups excluding carboxylic acids is 1. The standard InChI is InChI=1S/C13H17F3N2O4S/c1-12(2,7-17)18-23(20,21)8-4-5-9(11(19)22-3)10(6-8)13(14,15)16/h4-6,18H,7,17H2,1-3H3. The van der Waals surface area contributed by atoms with Crippen molar-refractivity contribution in [3.8, 4) is 0 Å². The van der Waals surface area contributed by atoms with Gasteiger partial charge in [0.2, 0.25) is 10.0 Å². The molecule has 10 heteroatoms. The first kappa shape index (κ1) is 19.4. The molecule has 1 aromatic rings. The molecule has 0 heterocycles. The number of alkyl halides is 3. The molecule has 0 saturated carbocycles. The monoisotopic (exact) mass is 354 g/mol. The van der Waals surface area contributed by atoms with Gasteiger partial charge in [0.05, 0.1) is 23.1 Å². The van der Waals surface area contributed by atoms with Gasteiger partial charge in [-0.3, -0.25) is 0 Å². The van der Waals surface area contributed by atoms with Crippen LogP contribution in [0.2, 0.25) is 0 Å². The van der Waals surface area contributed by atoms with Crippen LogP contribution in [-0.4, -0.2) is 33.6 Å². The summed E-state index contributed by atoms with van der Waals surface area (Å²) < 4.78 is 70.1. The Balaban J connectivity index is 3.44. The van der Waals surface area contributed by atoms with Gasteiger partial charge in [-0.2, -0.15) is 13.2 Å². The minimum absolute atomic E-state index is 0.0569. The quantitative estimate of drug-likeness (QED) is 0.781. The fourth-order valence-electron chi connectivity index (χ4n) is 1.68. The highest BCUT2D eigenvalue weighted by molar-refractivity contribution is 7.89. The average molecular weight is 354 g/mol. The molecule has 130 valence electrons. The molecule has 1 rings (SSSR count). The number of nitrogens with one attached hydrogen (secondary N) is 1. The van der Waals surface area contributed by atoms with Crippen molar-refractivity contribution in [2.24, 2.45) is 5.73 Å². The lowest BCUT2D eigenvalue weighted by Crippen LogP contribution is -2.48. The highest BCUT2D eigenvalue weighted by atomic mass is 32.2. The summed E-state index contributed by atoms with van der Waals surface area (Å²) in [5.41, 5.74) is 2.20. The van der Waals surface area contributed by atoms with E-state index in [-0.39, 0.29) is 6.54 Å². The zero-order valence-electron chi connectivity index (χ0n) is 12.7. The van der Waals surface area contributed by atoms with Crippen LogP contribution in [-0.2, 0) is 20.9 Å². The van der Waals surface area contributed by atoms with Gasteiger partial charge < -0.3 is 10.5 Å². The highest BCUT2D eigenvalue weighted by Gasteiger charge is 2.37. The van der Waals surface area contributed by atoms with Crippen LogP contribution in [0, 0.1) is 0 Å². The van der Waals surface area contributed by atoms with Gasteiger partial charge in [-0.05, 0) is 32.0 Å². The minimum Gasteiger partial charge on any atom is -0.465 e. The third-order valence-electron chi connectivity index (χ3n) is 2.93. The SMILES string of the molecule is COC(=O)c1ccc(S(=O)(=O)NC(C)(C)CN)cc1C(F)(F)F. The summed E-state index contributed by atoms with van der Waals surface area (Å²) in [6.07, 6.45) is -4.92. The van der Waals surface area contributed by atoms with Gasteiger partial charge in [-0.1, -0.05) is 0 Å². The van der Waals surface area contributed by atoms with Crippen LogP contribution in [0.1, 0.15) is 29.8 Å². The van der Waals surface area contributed by atoms with Crippen molar-refractivity contribution in [3.05, 3.63) is 29.3 Å². The molecule has 0 spiro atoms. The molecule has 0 fully saturated rings. The Bertz CT molecular complexity index is 700. The number of methoxy groups -OCH3 is 1. The molecule has 0 amide bonds. The lowest BCUT2D eigenvalue weighted by atomic mass is 10.1. The van der Waals surface area contributed by atoms with Crippen LogP contribution in [0.5, 0.6) is 0 Å². The number of nitrogens with two attached hydrogens (primary N) is 1. The van der Waals surface area contributed by atoms with Crippen molar-refractivity contribution in [1.82, 2.24) is 4.72 Å². The first-order valence-corrected chi connectivity index (χ1v) is 7.86. The lowest BCUT2D eigenvalue weighted by Gasteiger charge is -2.24. The summed E-state index contributed by atoms with van der Waals surface area (Å²) in [6.45, 7) is 2.91. The molecule has 0 radical (unpaired) electrons. The van der Waals surface area contributed by atoms with Crippen molar-refractivity contribution in [3.63, 3.8) is 0 Å². The van der Waals surface area contributed by atoms with E-state index in [2.05, 4.69) is 9.46 Å². The van der Waals surface area contributed by atoms with Gasteiger partial charge in [-0.25, -0.2) is 17.9 Å². The van der Waals surface area contributed by atoms with Crippen LogP contribution in [0.4, 0.5) is 13.2 Å². The summed E-state index contributed by atoms with van der Waals surface area (Å²) in [4.78, 5) is 10.8. The maximum atomic E-state index is 13.1. The van der Waals surface area contributed by atoms with Gasteiger partial charge in [-0.15, -0.1) is 0 Å². The molecule has 0 aliphatic rings. The van der Waals surface area contributed by atoms with E-state index < -0.39 is 43.7 Å². The summed E-state index contributed by atoms with van der Waals surface area (Å²) in [5, 5.41) is 0. The number of carbonyl (C=O) groups is 1. The molecule has 0 unspecified atom stereocenters. The fourth-order valence-corrected chi connectivity index (χ4v) is 3.13. The Labute approximate surface area is 131 Å². The molecular weight excluding hydrogens is 337 g/mol. The molecule has 1 aromatic carbocycles. The normalized spacial score (nSPS) is 13.0. The van der Waals surface area contributed by atoms with E-state index in [1.165, 1.54) is 13.8 Å². The van der Waals surface area contributed by atoms with E-state index >= 15 is 0 Å². The van der Waals surface area contributed by atoms with Crippen LogP contribution in [0.25, 0.3) is 0 Å². The fraction of sp³-hybridized carbons (Fsp3) is 0.462. The van der Waals surface area contributed by atoms with E-state index in [1.807, 2.05) is 0 Å². The molecule has 0 bridgehead atoms. The summed E-state index contributed by atoms with van der Waals surface area (Å²) in [7, 11) is -3.32. The zero-order valence-corrected chi connectivity index (χ0v) is 13.5. The molecule has 0 atom stereocenters. The average Bonchev–Trinajstić information content (AvgIpc) is 2.43. The Kier molecular flexibility index (Phi) is 5.45. The Morgan fingerprint density at radius 1 is 1.30 bits per heavy atom. The predicted octanol–water partition coefficient (Wildman–Crippen LogP) is 1.51. The Hall–Kier alpha value is -1.65. The molecular formula is C13H17F3N2O4S. The second-order valence-electron chi connectivity index (χ2n) is 5.39. The zero-order chi connectivity index (χ0) is 18.1. The van der Waals surface area contributed by atoms with Gasteiger partial charge in [0, 0.05) is 12.1 Å². The van der Waals surface area contributed by atoms with E-state index in [4.69, 9.17) is 5.73 Å². The minimum atomic E-state index is -4.92. The predicted molar refractivity (Wildman–Crippen MR) is 76.2 cm³/mol. The molecule has 0 aliphatic carbocycles. The second-order valence-corrected chi connectivity index (χ2v) is 7.07. The number of ether oxygens (including phenoxy) is 1. The summed E-state index contributed by atoms with van der Waals surface area (Å²) >= 11 is 0. The van der Waals surface area contributed by atoms with Crippen molar-refractivity contribution in [2.45, 2.75) is 30.5 Å². The maximum Gasteiger partial charge on any atom is 0.417 e. The van der Waals surface area contributed by atoms with Crippen molar-refractivity contribution < 1.29 is 31.1 Å². The summed E-state index contributed by atoms with van der Waals surface area (Å²) in [5.74, 6) is -1.21. The van der Waals surface area contributed by atoms with E-state index in [9.17, 15) is 26.4 Å². The molecule has 0 aliphatic heterocycles. The van der Waals surface area contributed by atoms with Crippen LogP contribution in [0.3, 0.4) is 0 Å². The largest absolute Gasteiger partial charge is 0.465 e. The van der Waals surface area contributed by atoms with Gasteiger partial charge in [0.1, 0.15) is 0 Å². The lowest BCUT2D eigenvalue weighted by molar-refractivity contribution is -0.138. The number of benzene rings is 1. The first-order chi connectivity index (χ1) is 10.3. The first-order valence-electron chi connectivity index (χ1n) is 6.37. The molecule has 3 N–H and O–H groups in total. The Morgan fingerprint density at radius 2 is 1.87 bits per heavy atom. The number of halogens is 3. The number of hydrogen-bond acceptors (Lipinski definition) is 5. The maximum absolute atomic E-state index is 13.1. The molecule has 0 saturated heterocycles. The molecule has 23 heavy (non-hydrogen) atoms. The van der Waals surface area contributed by atoms with Crippen molar-refractivity contribution in [1.29, 1.82) is 0 Å². The highest BCUT2D eigenvalue weighted by Crippen LogP contribution is 2.34. The second kappa shape index (κ2) is 6.46. The smallest absolute Gasteiger partial charge is 0.417 e. The van der Waals surface area contributed by atoms with Crippen molar-refractivity contribution in [2.75, 3.05) is 13.7 Å². The number of rotatable bonds is 5. The van der Waals surface area contributed by atoms with Crippen molar-refractivity contribution >= 4 is 16.0 Å². The van der Waals surface area contributed by atoms with Crippen LogP contribution in [0.15, 0.2) is 23.1 Å². The summed E-state index contributed by atoms with van der Waals surface area (Å²) in [6, 6.07) is 2.05. The topological polar surface area (TPSA) is 98.5 Å². The number of esters is 1. The number of sulfonamides is 1. The van der Waals surface area contributed by atoms with E-state index in [1.54, 1.807) is 0 Å². The third kappa shape index (κ3) is 4.66. The Morgan fingerprint density at radius 3 is 2.30 bits per heavy atom. The molecule has 6 nitrogen and oxygen atoms in total. The van der Waals surface area contributed by atoms with E-state index in [0.717, 1.165) is 19.2 Å². The third-order valence-corrected chi connectivity index (χ3v) is 4.63. The van der Waals surface area contributed by atoms with Crippen LogP contribution >= 0.6 is 0 Å². The van der Waals surface area contributed by atoms with Gasteiger partial charge >= 0.3 is 12.1 Å². The van der Waals surface area contributed by atoms with Gasteiger partial charge in [0.25, 0.3) is 0 Å². The van der Waals surface area contributed by atoms with E-state index in [0.29, 0.717) is 6.07 Å². The number of hydrogen-bond donors (Lipinski definition) is 2. The van der Waals surface area contributed by atoms with Gasteiger partial charge in [0.15, 0.2) is 0 Å². The molecule has 0 aromatic heterocycles.